The number of rotatable bonds is 6. The van der Waals surface area contributed by atoms with Crippen LogP contribution >= 0.6 is 0 Å². The Kier molecular flexibility index (Phi) is 5.28. The lowest BCUT2D eigenvalue weighted by atomic mass is 9.87. The van der Waals surface area contributed by atoms with Gasteiger partial charge in [-0.15, -0.1) is 0 Å². The summed E-state index contributed by atoms with van der Waals surface area (Å²) in [6.07, 6.45) is 0.00508. The molecule has 0 heterocycles. The number of hydrogen-bond acceptors (Lipinski definition) is 3. The van der Waals surface area contributed by atoms with Crippen molar-refractivity contribution < 1.29 is 14.6 Å². The quantitative estimate of drug-likeness (QED) is 0.865. The average Bonchev–Trinajstić information content (AvgIpc) is 2.44. The third-order valence-electron chi connectivity index (χ3n) is 4.17. The highest BCUT2D eigenvalue weighted by molar-refractivity contribution is 5.45. The van der Waals surface area contributed by atoms with Crippen molar-refractivity contribution in [2.75, 3.05) is 6.61 Å². The van der Waals surface area contributed by atoms with Crippen molar-refractivity contribution in [2.45, 2.75) is 71.2 Å². The lowest BCUT2D eigenvalue weighted by Gasteiger charge is -2.41. The van der Waals surface area contributed by atoms with Crippen molar-refractivity contribution in [2.24, 2.45) is 0 Å². The molecule has 3 atom stereocenters. The van der Waals surface area contributed by atoms with E-state index in [9.17, 15) is 5.11 Å². The third kappa shape index (κ3) is 3.41. The van der Waals surface area contributed by atoms with Gasteiger partial charge in [0.2, 0.25) is 0 Å². The van der Waals surface area contributed by atoms with Crippen LogP contribution in [0, 0.1) is 0 Å². The van der Waals surface area contributed by atoms with Gasteiger partial charge < -0.3 is 14.6 Å². The second kappa shape index (κ2) is 6.80. The summed E-state index contributed by atoms with van der Waals surface area (Å²) in [5.41, 5.74) is 2.47. The maximum atomic E-state index is 9.84. The van der Waals surface area contributed by atoms with Gasteiger partial charge in [-0.2, -0.15) is 0 Å². The van der Waals surface area contributed by atoms with Crippen molar-refractivity contribution >= 4 is 0 Å². The van der Waals surface area contributed by atoms with Gasteiger partial charge in [-0.3, -0.25) is 0 Å². The molecule has 3 heteroatoms. The van der Waals surface area contributed by atoms with Gasteiger partial charge in [-0.05, 0) is 29.9 Å². The van der Waals surface area contributed by atoms with Gasteiger partial charge in [-0.1, -0.05) is 45.9 Å². The Balaban J connectivity index is 2.26. The molecule has 0 amide bonds. The molecule has 0 radical (unpaired) electrons. The van der Waals surface area contributed by atoms with Gasteiger partial charge in [-0.25, -0.2) is 0 Å². The fourth-order valence-electron chi connectivity index (χ4n) is 2.85. The van der Waals surface area contributed by atoms with Crippen LogP contribution < -0.4 is 4.74 Å². The molecule has 1 saturated carbocycles. The molecule has 0 aromatic heterocycles. The average molecular weight is 292 g/mol. The van der Waals surface area contributed by atoms with E-state index in [1.807, 2.05) is 6.92 Å². The summed E-state index contributed by atoms with van der Waals surface area (Å²) < 4.78 is 11.9. The van der Waals surface area contributed by atoms with E-state index in [4.69, 9.17) is 9.47 Å². The van der Waals surface area contributed by atoms with Gasteiger partial charge >= 0.3 is 0 Å². The van der Waals surface area contributed by atoms with Crippen LogP contribution in [0.5, 0.6) is 5.75 Å². The van der Waals surface area contributed by atoms with E-state index in [0.717, 1.165) is 5.75 Å². The summed E-state index contributed by atoms with van der Waals surface area (Å²) >= 11 is 0. The minimum Gasteiger partial charge on any atom is -0.487 e. The predicted molar refractivity (Wildman–Crippen MR) is 85.1 cm³/mol. The number of ether oxygens (including phenoxy) is 2. The molecule has 1 aliphatic carbocycles. The predicted octanol–water partition coefficient (Wildman–Crippen LogP) is 3.85. The molecule has 118 valence electrons. The van der Waals surface area contributed by atoms with Crippen molar-refractivity contribution in [3.8, 4) is 5.75 Å². The second-order valence-electron chi connectivity index (χ2n) is 6.45. The molecule has 1 N–H and O–H groups in total. The Labute approximate surface area is 128 Å². The van der Waals surface area contributed by atoms with Crippen LogP contribution in [0.25, 0.3) is 0 Å². The Hall–Kier alpha value is -1.06. The maximum absolute atomic E-state index is 9.84. The van der Waals surface area contributed by atoms with Crippen LogP contribution in [0.1, 0.15) is 64.0 Å². The first-order chi connectivity index (χ1) is 9.95. The number of aliphatic hydroxyl groups excluding tert-OH is 1. The van der Waals surface area contributed by atoms with Gasteiger partial charge in [0.1, 0.15) is 18.0 Å². The summed E-state index contributed by atoms with van der Waals surface area (Å²) in [5.74, 6) is 1.81. The molecule has 1 aromatic rings. The van der Waals surface area contributed by atoms with Crippen LogP contribution in [0.2, 0.25) is 0 Å². The van der Waals surface area contributed by atoms with Crippen LogP contribution in [0.4, 0.5) is 0 Å². The molecule has 1 aromatic carbocycles. The summed E-state index contributed by atoms with van der Waals surface area (Å²) in [7, 11) is 0. The van der Waals surface area contributed by atoms with Crippen molar-refractivity contribution in [1.82, 2.24) is 0 Å². The normalized spacial score (nSPS) is 25.2. The number of para-hydroxylation sites is 1. The Morgan fingerprint density at radius 1 is 1.14 bits per heavy atom. The zero-order valence-electron chi connectivity index (χ0n) is 13.8. The van der Waals surface area contributed by atoms with Crippen molar-refractivity contribution in [3.05, 3.63) is 29.3 Å². The first-order valence-electron chi connectivity index (χ1n) is 8.04. The van der Waals surface area contributed by atoms with E-state index in [-0.39, 0.29) is 12.2 Å². The molecule has 3 unspecified atom stereocenters. The summed E-state index contributed by atoms with van der Waals surface area (Å²) in [6, 6.07) is 6.38. The highest BCUT2D eigenvalue weighted by Crippen LogP contribution is 2.38. The molecule has 0 saturated heterocycles. The first-order valence-corrected chi connectivity index (χ1v) is 8.04. The molecule has 0 spiro atoms. The number of benzene rings is 1. The molecule has 1 aliphatic rings. The topological polar surface area (TPSA) is 38.7 Å². The Morgan fingerprint density at radius 2 is 1.71 bits per heavy atom. The number of hydrogen-bond donors (Lipinski definition) is 1. The fraction of sp³-hybridized carbons (Fsp3) is 0.667. The fourth-order valence-corrected chi connectivity index (χ4v) is 2.85. The smallest absolute Gasteiger partial charge is 0.130 e. The second-order valence-corrected chi connectivity index (χ2v) is 6.45. The largest absolute Gasteiger partial charge is 0.487 e. The first kappa shape index (κ1) is 16.3. The van der Waals surface area contributed by atoms with Gasteiger partial charge in [0.25, 0.3) is 0 Å². The van der Waals surface area contributed by atoms with Crippen LogP contribution in [-0.2, 0) is 4.74 Å². The highest BCUT2D eigenvalue weighted by Gasteiger charge is 2.43. The minimum absolute atomic E-state index is 0.0441. The molecule has 1 fully saturated rings. The zero-order valence-corrected chi connectivity index (χ0v) is 13.8. The van der Waals surface area contributed by atoms with Crippen molar-refractivity contribution in [3.63, 3.8) is 0 Å². The third-order valence-corrected chi connectivity index (χ3v) is 4.17. The standard InChI is InChI=1S/C18H28O3/c1-6-20-18-15(19)10-16(18)21-17-13(11(2)3)8-7-9-14(17)12(4)5/h7-9,11-12,15-16,18-19H,6,10H2,1-5H3. The lowest BCUT2D eigenvalue weighted by Crippen LogP contribution is -2.55. The lowest BCUT2D eigenvalue weighted by molar-refractivity contribution is -0.160. The van der Waals surface area contributed by atoms with Crippen LogP contribution in [0.3, 0.4) is 0 Å². The van der Waals surface area contributed by atoms with Crippen LogP contribution in [0.15, 0.2) is 18.2 Å². The summed E-state index contributed by atoms with van der Waals surface area (Å²) in [4.78, 5) is 0. The monoisotopic (exact) mass is 292 g/mol. The minimum atomic E-state index is -0.399. The molecule has 21 heavy (non-hydrogen) atoms. The molecule has 2 rings (SSSR count). The molecular formula is C18H28O3. The maximum Gasteiger partial charge on any atom is 0.130 e. The summed E-state index contributed by atoms with van der Waals surface area (Å²) in [5, 5.41) is 9.84. The van der Waals surface area contributed by atoms with Crippen molar-refractivity contribution in [1.29, 1.82) is 0 Å². The van der Waals surface area contributed by atoms with Gasteiger partial charge in [0.05, 0.1) is 6.10 Å². The highest BCUT2D eigenvalue weighted by atomic mass is 16.6. The molecular weight excluding hydrogens is 264 g/mol. The molecule has 3 nitrogen and oxygen atoms in total. The Bertz CT molecular complexity index is 441. The molecule has 0 bridgehead atoms. The van der Waals surface area contributed by atoms with E-state index in [1.165, 1.54) is 11.1 Å². The van der Waals surface area contributed by atoms with Gasteiger partial charge in [0, 0.05) is 13.0 Å². The Morgan fingerprint density at radius 3 is 2.14 bits per heavy atom. The van der Waals surface area contributed by atoms with E-state index in [0.29, 0.717) is 24.9 Å². The van der Waals surface area contributed by atoms with E-state index >= 15 is 0 Å². The van der Waals surface area contributed by atoms with E-state index < -0.39 is 6.10 Å². The van der Waals surface area contributed by atoms with Crippen LogP contribution in [-0.4, -0.2) is 30.0 Å². The zero-order chi connectivity index (χ0) is 15.6. The number of aliphatic hydroxyl groups is 1. The van der Waals surface area contributed by atoms with Gasteiger partial charge in [0.15, 0.2) is 0 Å². The van der Waals surface area contributed by atoms with E-state index in [2.05, 4.69) is 45.9 Å². The molecule has 0 aliphatic heterocycles. The SMILES string of the molecule is CCOC1C(O)CC1Oc1c(C(C)C)cccc1C(C)C. The summed E-state index contributed by atoms with van der Waals surface area (Å²) in [6.45, 7) is 11.3. The van der Waals surface area contributed by atoms with E-state index in [1.54, 1.807) is 0 Å².